The Morgan fingerprint density at radius 2 is 0.808 bits per heavy atom. The summed E-state index contributed by atoms with van der Waals surface area (Å²) in [6.45, 7) is 1.20. The number of hydrogen-bond acceptors (Lipinski definition) is 6. The van der Waals surface area contributed by atoms with Gasteiger partial charge in [-0.05, 0) is 101 Å². The van der Waals surface area contributed by atoms with E-state index in [4.69, 9.17) is 18.6 Å². The van der Waals surface area contributed by atoms with Crippen molar-refractivity contribution < 1.29 is 63.1 Å². The van der Waals surface area contributed by atoms with Crippen LogP contribution < -0.4 is 39.9 Å². The predicted molar refractivity (Wildman–Crippen MR) is 197 cm³/mol. The first-order chi connectivity index (χ1) is 24.6. The molecule has 0 spiro atoms. The molecule has 1 amide bonds. The molecule has 8 nitrogen and oxygen atoms in total. The van der Waals surface area contributed by atoms with Gasteiger partial charge < -0.3 is 10.0 Å². The number of rotatable bonds is 13. The Bertz CT molecular complexity index is 1320. The maximum absolute atomic E-state index is 13.3. The van der Waals surface area contributed by atoms with Crippen LogP contribution in [-0.2, 0) is 29.1 Å². The van der Waals surface area contributed by atoms with Crippen LogP contribution in [-0.4, -0.2) is 47.3 Å². The molecule has 5 rings (SSSR count). The van der Waals surface area contributed by atoms with E-state index in [-0.39, 0.29) is 38.2 Å². The molecule has 1 aliphatic rings. The number of carboxylic acid groups (broad SMARTS) is 1. The average Bonchev–Trinajstić information content (AvgIpc) is 3.11. The molecular weight excluding hydrogens is 807 g/mol. The van der Waals surface area contributed by atoms with Crippen LogP contribution in [0, 0.1) is 35.9 Å². The van der Waals surface area contributed by atoms with Gasteiger partial charge in [0.15, 0.2) is 0 Å². The van der Waals surface area contributed by atoms with Crippen molar-refractivity contribution in [1.29, 1.82) is 0 Å². The van der Waals surface area contributed by atoms with E-state index in [2.05, 4.69) is 123 Å². The summed E-state index contributed by atoms with van der Waals surface area (Å²) in [6, 6.07) is 42.0. The second kappa shape index (κ2) is 26.2. The summed E-state index contributed by atoms with van der Waals surface area (Å²) in [5, 5.41) is 14.3. The SMILES string of the molecule is O=C(O)CCC(=O)N(CCP(c1ccccc1)c1ccccc1)CCP(c1ccccc1)c1ccccc1.[CH]1[CH]CC[CH][CH]CC1.[O-][Cl+3]([O-])([O-])[O-].[Rh]. The minimum atomic E-state index is -4.94. The van der Waals surface area contributed by atoms with Crippen molar-refractivity contribution in [2.45, 2.75) is 38.5 Å². The minimum Gasteiger partial charge on any atom is -0.481 e. The van der Waals surface area contributed by atoms with Crippen LogP contribution in [0.3, 0.4) is 0 Å². The first-order valence-electron chi connectivity index (χ1n) is 16.8. The Hall–Kier alpha value is -2.57. The number of hydrogen-bond donors (Lipinski definition) is 1. The topological polar surface area (TPSA) is 150 Å². The normalized spacial score (nSPS) is 12.9. The average molecular weight is 852 g/mol. The maximum atomic E-state index is 13.3. The second-order valence-corrected chi connectivity index (χ2v) is 16.8. The predicted octanol–water partition coefficient (Wildman–Crippen LogP) is 2.56. The molecule has 1 fully saturated rings. The largest absolute Gasteiger partial charge is 0.481 e. The van der Waals surface area contributed by atoms with E-state index in [1.807, 2.05) is 29.2 Å². The van der Waals surface area contributed by atoms with Crippen LogP contribution in [0.2, 0.25) is 0 Å². The van der Waals surface area contributed by atoms with Gasteiger partial charge in [0, 0.05) is 39.0 Å². The monoisotopic (exact) mass is 851 g/mol. The van der Waals surface area contributed by atoms with Gasteiger partial charge in [-0.15, -0.1) is 10.2 Å². The van der Waals surface area contributed by atoms with E-state index in [9.17, 15) is 14.7 Å². The third-order valence-electron chi connectivity index (χ3n) is 7.70. The Morgan fingerprint density at radius 1 is 0.538 bits per heavy atom. The fourth-order valence-corrected chi connectivity index (χ4v) is 9.92. The molecule has 1 saturated carbocycles. The quantitative estimate of drug-likeness (QED) is 0.161. The number of aliphatic carboxylic acids is 1. The van der Waals surface area contributed by atoms with Crippen molar-refractivity contribution >= 4 is 48.9 Å². The molecule has 0 atom stereocenters. The van der Waals surface area contributed by atoms with E-state index >= 15 is 0 Å². The van der Waals surface area contributed by atoms with Crippen LogP contribution in [0.5, 0.6) is 0 Å². The third kappa shape index (κ3) is 19.5. The van der Waals surface area contributed by atoms with Gasteiger partial charge >= 0.3 is 5.97 Å². The number of amides is 1. The van der Waals surface area contributed by atoms with Gasteiger partial charge in [0.2, 0.25) is 5.91 Å². The summed E-state index contributed by atoms with van der Waals surface area (Å²) in [5.74, 6) is -1.02. The van der Waals surface area contributed by atoms with Gasteiger partial charge in [-0.2, -0.15) is 0 Å². The molecule has 0 aliphatic heterocycles. The van der Waals surface area contributed by atoms with Gasteiger partial charge in [-0.1, -0.05) is 121 Å². The van der Waals surface area contributed by atoms with Gasteiger partial charge in [0.05, 0.1) is 6.42 Å². The second-order valence-electron chi connectivity index (χ2n) is 11.4. The molecule has 1 aliphatic carbocycles. The smallest absolute Gasteiger partial charge is 0.303 e. The zero-order chi connectivity index (χ0) is 36.7. The molecule has 0 aromatic heterocycles. The zero-order valence-electron chi connectivity index (χ0n) is 28.9. The van der Waals surface area contributed by atoms with Crippen molar-refractivity contribution in [2.24, 2.45) is 0 Å². The summed E-state index contributed by atoms with van der Waals surface area (Å²) in [4.78, 5) is 26.4. The van der Waals surface area contributed by atoms with Crippen molar-refractivity contribution in [3.8, 4) is 0 Å². The van der Waals surface area contributed by atoms with Crippen molar-refractivity contribution in [1.82, 2.24) is 4.90 Å². The van der Waals surface area contributed by atoms with Gasteiger partial charge in [0.25, 0.3) is 0 Å². The van der Waals surface area contributed by atoms with E-state index in [0.717, 1.165) is 12.3 Å². The number of nitrogens with zero attached hydrogens (tertiary/aromatic N) is 1. The summed E-state index contributed by atoms with van der Waals surface area (Å²) in [5.41, 5.74) is 0. The molecule has 279 valence electrons. The van der Waals surface area contributed by atoms with Crippen LogP contribution in [0.25, 0.3) is 0 Å². The Morgan fingerprint density at radius 3 is 1.06 bits per heavy atom. The number of carbonyl (C=O) groups excluding carboxylic acids is 1. The van der Waals surface area contributed by atoms with Crippen LogP contribution >= 0.6 is 15.8 Å². The number of halogens is 1. The first-order valence-corrected chi connectivity index (χ1v) is 21.1. The van der Waals surface area contributed by atoms with Crippen molar-refractivity contribution in [3.63, 3.8) is 0 Å². The van der Waals surface area contributed by atoms with Gasteiger partial charge in [0.1, 0.15) is 0 Å². The molecule has 0 unspecified atom stereocenters. The number of benzene rings is 4. The van der Waals surface area contributed by atoms with Crippen LogP contribution in [0.4, 0.5) is 0 Å². The van der Waals surface area contributed by atoms with E-state index in [1.165, 1.54) is 46.9 Å². The fourth-order valence-electron chi connectivity index (χ4n) is 5.28. The molecule has 12 heteroatoms. The summed E-state index contributed by atoms with van der Waals surface area (Å²) in [6.07, 6.45) is 15.5. The van der Waals surface area contributed by atoms with Gasteiger partial charge in [-0.25, -0.2) is 18.6 Å². The maximum Gasteiger partial charge on any atom is 0.303 e. The third-order valence-corrected chi connectivity index (χ3v) is 12.7. The van der Waals surface area contributed by atoms with E-state index in [0.29, 0.717) is 13.1 Å². The number of carbonyl (C=O) groups is 2. The first kappa shape index (κ1) is 45.6. The zero-order valence-corrected chi connectivity index (χ0v) is 33.1. The summed E-state index contributed by atoms with van der Waals surface area (Å²) in [7, 11) is -6.24. The molecule has 52 heavy (non-hydrogen) atoms. The van der Waals surface area contributed by atoms with Crippen LogP contribution in [0.15, 0.2) is 121 Å². The molecule has 4 aromatic rings. The van der Waals surface area contributed by atoms with Gasteiger partial charge in [-0.3, -0.25) is 9.59 Å². The van der Waals surface area contributed by atoms with E-state index in [1.54, 1.807) is 0 Å². The van der Waals surface area contributed by atoms with Crippen molar-refractivity contribution in [2.75, 3.05) is 25.4 Å². The standard InChI is InChI=1S/C32H33NO3P2.C8H12.ClHO4.Rh/c34-31(21-22-32(35)36)33(23-25-37(27-13-5-1-6-14-27)28-15-7-2-8-16-28)24-26-38(29-17-9-3-10-18-29)30-19-11-4-12-20-30;1-2-4-6-8-7-5-3-1;2-1(3,4)5;/h1-20H,21-26H2,(H,35,36);1-2,7-8H,3-6H2;(H,2,3,4,5);/p-1. The Labute approximate surface area is 326 Å². The molecule has 0 bridgehead atoms. The Balaban J connectivity index is 0.000000565. The molecule has 0 saturated heterocycles. The minimum absolute atomic E-state index is 0. The van der Waals surface area contributed by atoms with Crippen LogP contribution in [0.1, 0.15) is 38.5 Å². The fraction of sp³-hybridized carbons (Fsp3) is 0.250. The summed E-state index contributed by atoms with van der Waals surface area (Å²) >= 11 is 0. The molecular formula is C40H45ClNO7P2Rh-. The molecule has 4 aromatic carbocycles. The van der Waals surface area contributed by atoms with E-state index < -0.39 is 32.1 Å². The molecule has 5 radical (unpaired) electrons. The molecule has 0 heterocycles. The molecule has 1 N–H and O–H groups in total. The number of carboxylic acids is 1. The Kier molecular flexibility index (Phi) is 23.0. The van der Waals surface area contributed by atoms with Crippen molar-refractivity contribution in [3.05, 3.63) is 147 Å². The summed E-state index contributed by atoms with van der Waals surface area (Å²) < 4.78 is 34.0.